The van der Waals surface area contributed by atoms with Crippen LogP contribution in [0.3, 0.4) is 0 Å². The van der Waals surface area contributed by atoms with Crippen molar-refractivity contribution in [3.05, 3.63) is 169 Å². The van der Waals surface area contributed by atoms with Gasteiger partial charge in [-0.3, -0.25) is 19.9 Å². The molecule has 4 aromatic heterocycles. The molecule has 7 heteroatoms. The SMILES string of the molecule is N=C(/N=C(\Nn1c2cccc3c4ccccc4n4c(-c5ccccc5)nc5ccc1c(c32)c54)c1ccc2sc3ccccc3c2c1)c1ccccc1. The largest absolute Gasteiger partial charge is 0.291 e. The van der Waals surface area contributed by atoms with Gasteiger partial charge in [-0.2, -0.15) is 0 Å². The van der Waals surface area contributed by atoms with E-state index in [0.717, 1.165) is 71.6 Å². The lowest BCUT2D eigenvalue weighted by atomic mass is 10.1. The zero-order valence-corrected chi connectivity index (χ0v) is 28.5. The van der Waals surface area contributed by atoms with E-state index in [1.807, 2.05) is 36.4 Å². The Balaban J connectivity index is 1.21. The minimum absolute atomic E-state index is 0.183. The first kappa shape index (κ1) is 29.0. The molecule has 2 N–H and O–H groups in total. The van der Waals surface area contributed by atoms with Crippen molar-refractivity contribution in [2.24, 2.45) is 4.99 Å². The number of fused-ring (bicyclic) bond motifs is 6. The molecule has 0 saturated carbocycles. The van der Waals surface area contributed by atoms with Gasteiger partial charge in [-0.1, -0.05) is 109 Å². The zero-order valence-electron chi connectivity index (χ0n) is 27.7. The van der Waals surface area contributed by atoms with Crippen LogP contribution in [0.25, 0.3) is 80.7 Å². The van der Waals surface area contributed by atoms with E-state index in [1.165, 1.54) is 20.2 Å². The third-order valence-electron chi connectivity index (χ3n) is 10.2. The molecule has 0 spiro atoms. The normalized spacial score (nSPS) is 12.4. The van der Waals surface area contributed by atoms with Gasteiger partial charge < -0.3 is 0 Å². The summed E-state index contributed by atoms with van der Waals surface area (Å²) < 4.78 is 6.95. The minimum Gasteiger partial charge on any atom is -0.291 e. The van der Waals surface area contributed by atoms with Gasteiger partial charge in [0.25, 0.3) is 0 Å². The molecule has 244 valence electrons. The number of nitrogens with zero attached hydrogens (tertiary/aromatic N) is 4. The van der Waals surface area contributed by atoms with Gasteiger partial charge in [0.1, 0.15) is 5.82 Å². The van der Waals surface area contributed by atoms with Crippen molar-refractivity contribution in [1.29, 1.82) is 5.41 Å². The van der Waals surface area contributed by atoms with Crippen LogP contribution in [-0.4, -0.2) is 25.7 Å². The van der Waals surface area contributed by atoms with Crippen LogP contribution in [0.5, 0.6) is 0 Å². The van der Waals surface area contributed by atoms with Crippen molar-refractivity contribution in [1.82, 2.24) is 14.1 Å². The molecule has 52 heavy (non-hydrogen) atoms. The fourth-order valence-electron chi connectivity index (χ4n) is 7.87. The maximum absolute atomic E-state index is 9.13. The maximum Gasteiger partial charge on any atom is 0.154 e. The highest BCUT2D eigenvalue weighted by Crippen LogP contribution is 2.42. The second kappa shape index (κ2) is 11.1. The monoisotopic (exact) mass is 684 g/mol. The average molecular weight is 685 g/mol. The van der Waals surface area contributed by atoms with Crippen molar-refractivity contribution >= 4 is 92.3 Å². The molecule has 6 nitrogen and oxygen atoms in total. The predicted molar refractivity (Wildman–Crippen MR) is 218 cm³/mol. The van der Waals surface area contributed by atoms with Crippen molar-refractivity contribution in [2.75, 3.05) is 5.43 Å². The molecule has 0 fully saturated rings. The highest BCUT2D eigenvalue weighted by atomic mass is 32.1. The van der Waals surface area contributed by atoms with Gasteiger partial charge in [0, 0.05) is 53.0 Å². The number of hydrogen-bond donors (Lipinski definition) is 2. The van der Waals surface area contributed by atoms with E-state index in [-0.39, 0.29) is 5.84 Å². The molecule has 4 heterocycles. The summed E-state index contributed by atoms with van der Waals surface area (Å²) in [6, 6.07) is 54.6. The molecule has 0 aliphatic rings. The Morgan fingerprint density at radius 3 is 2.13 bits per heavy atom. The predicted octanol–water partition coefficient (Wildman–Crippen LogP) is 11.2. The Bertz CT molecular complexity index is 3220. The Kier molecular flexibility index (Phi) is 6.17. The molecule has 7 aromatic carbocycles. The molecule has 0 aliphatic carbocycles. The summed E-state index contributed by atoms with van der Waals surface area (Å²) in [6.07, 6.45) is 0. The molecular weight excluding hydrogens is 657 g/mol. The van der Waals surface area contributed by atoms with Crippen LogP contribution in [0, 0.1) is 5.41 Å². The number of rotatable bonds is 4. The summed E-state index contributed by atoms with van der Waals surface area (Å²) in [5.41, 5.74) is 11.6. The van der Waals surface area contributed by atoms with Crippen molar-refractivity contribution in [3.8, 4) is 11.4 Å². The van der Waals surface area contributed by atoms with Gasteiger partial charge in [-0.15, -0.1) is 11.3 Å². The van der Waals surface area contributed by atoms with Crippen LogP contribution in [0.2, 0.25) is 0 Å². The lowest BCUT2D eigenvalue weighted by Crippen LogP contribution is -2.25. The van der Waals surface area contributed by atoms with Gasteiger partial charge in [-0.05, 0) is 53.9 Å². The third kappa shape index (κ3) is 4.20. The molecule has 0 bridgehead atoms. The highest BCUT2D eigenvalue weighted by Gasteiger charge is 2.24. The number of aromatic nitrogens is 3. The van der Waals surface area contributed by atoms with E-state index < -0.39 is 0 Å². The number of para-hydroxylation sites is 1. The van der Waals surface area contributed by atoms with Crippen LogP contribution in [-0.2, 0) is 0 Å². The van der Waals surface area contributed by atoms with Crippen LogP contribution in [0.1, 0.15) is 11.1 Å². The number of thiophene rings is 1. The van der Waals surface area contributed by atoms with Gasteiger partial charge in [-0.25, -0.2) is 9.98 Å². The van der Waals surface area contributed by atoms with Crippen LogP contribution in [0.4, 0.5) is 0 Å². The Morgan fingerprint density at radius 1 is 0.577 bits per heavy atom. The number of imidazole rings is 1. The van der Waals surface area contributed by atoms with E-state index in [4.69, 9.17) is 15.4 Å². The molecule has 11 aromatic rings. The van der Waals surface area contributed by atoms with Crippen LogP contribution in [0.15, 0.2) is 163 Å². The smallest absolute Gasteiger partial charge is 0.154 e. The lowest BCUT2D eigenvalue weighted by molar-refractivity contribution is 1.08. The zero-order chi connectivity index (χ0) is 34.3. The minimum atomic E-state index is 0.183. The van der Waals surface area contributed by atoms with Crippen molar-refractivity contribution in [2.45, 2.75) is 0 Å². The molecule has 0 radical (unpaired) electrons. The molecule has 0 atom stereocenters. The fraction of sp³-hybridized carbons (Fsp3) is 0. The van der Waals surface area contributed by atoms with E-state index in [0.29, 0.717) is 5.84 Å². The first-order valence-corrected chi connectivity index (χ1v) is 18.1. The van der Waals surface area contributed by atoms with Gasteiger partial charge in [0.2, 0.25) is 0 Å². The highest BCUT2D eigenvalue weighted by molar-refractivity contribution is 7.25. The molecule has 0 aliphatic heterocycles. The lowest BCUT2D eigenvalue weighted by Gasteiger charge is -2.15. The van der Waals surface area contributed by atoms with E-state index in [9.17, 15) is 0 Å². The molecule has 0 unspecified atom stereocenters. The summed E-state index contributed by atoms with van der Waals surface area (Å²) in [5, 5.41) is 16.1. The Labute approximate surface area is 301 Å². The van der Waals surface area contributed by atoms with Crippen molar-refractivity contribution < 1.29 is 0 Å². The summed E-state index contributed by atoms with van der Waals surface area (Å²) in [5.74, 6) is 1.68. The maximum atomic E-state index is 9.13. The summed E-state index contributed by atoms with van der Waals surface area (Å²) in [4.78, 5) is 10.3. The summed E-state index contributed by atoms with van der Waals surface area (Å²) in [6.45, 7) is 0. The molecule has 0 saturated heterocycles. The van der Waals surface area contributed by atoms with Gasteiger partial charge in [0.05, 0.1) is 27.6 Å². The standard InChI is InChI=1S/C45H28N6S/c46-43(27-12-3-1-4-13-27)48-44(29-22-25-39-33(26-29)31-17-8-10-21-38(31)52-39)49-51-36-20-11-18-32-30-16-7-9-19-35(30)50-42-34(23-24-37(51)41(42)40(32)36)47-45(50)28-14-5-2-6-15-28/h1-26H,(H2,46,48,49). The number of amidine groups is 2. The first-order chi connectivity index (χ1) is 25.7. The van der Waals surface area contributed by atoms with Gasteiger partial charge >= 0.3 is 0 Å². The Hall–Kier alpha value is -6.83. The first-order valence-electron chi connectivity index (χ1n) is 17.3. The molecular formula is C45H28N6S. The quantitative estimate of drug-likeness (QED) is 0.143. The number of benzene rings is 7. The van der Waals surface area contributed by atoms with Gasteiger partial charge in [0.15, 0.2) is 11.7 Å². The van der Waals surface area contributed by atoms with Crippen molar-refractivity contribution in [3.63, 3.8) is 0 Å². The van der Waals surface area contributed by atoms with E-state index in [2.05, 4.69) is 136 Å². The molecule has 11 rings (SSSR count). The van der Waals surface area contributed by atoms with E-state index >= 15 is 0 Å². The second-order valence-corrected chi connectivity index (χ2v) is 14.2. The average Bonchev–Trinajstić information content (AvgIpc) is 3.85. The topological polar surface area (TPSA) is 70.5 Å². The molecule has 0 amide bonds. The summed E-state index contributed by atoms with van der Waals surface area (Å²) in [7, 11) is 0. The second-order valence-electron chi connectivity index (χ2n) is 13.1. The fourth-order valence-corrected chi connectivity index (χ4v) is 8.96. The third-order valence-corrected chi connectivity index (χ3v) is 11.3. The Morgan fingerprint density at radius 2 is 1.27 bits per heavy atom. The number of nitrogens with one attached hydrogen (secondary N) is 2. The number of aliphatic imine (C=N–C) groups is 1. The summed E-state index contributed by atoms with van der Waals surface area (Å²) >= 11 is 1.79. The number of hydrogen-bond acceptors (Lipinski definition) is 3. The van der Waals surface area contributed by atoms with Crippen LogP contribution < -0.4 is 5.43 Å². The van der Waals surface area contributed by atoms with E-state index in [1.54, 1.807) is 11.3 Å². The van der Waals surface area contributed by atoms with Crippen LogP contribution >= 0.6 is 11.3 Å².